The van der Waals surface area contributed by atoms with Crippen LogP contribution in [0.25, 0.3) is 22.1 Å². The molecule has 3 rings (SSSR count). The van der Waals surface area contributed by atoms with E-state index in [1.165, 1.54) is 13.2 Å². The molecule has 7 heteroatoms. The van der Waals surface area contributed by atoms with E-state index < -0.39 is 16.8 Å². The van der Waals surface area contributed by atoms with Gasteiger partial charge in [0.15, 0.2) is 0 Å². The Morgan fingerprint density at radius 2 is 2.04 bits per heavy atom. The molecule has 0 atom stereocenters. The highest BCUT2D eigenvalue weighted by molar-refractivity contribution is 5.94. The van der Waals surface area contributed by atoms with Gasteiger partial charge in [0.1, 0.15) is 22.4 Å². The quantitative estimate of drug-likeness (QED) is 0.584. The van der Waals surface area contributed by atoms with Crippen LogP contribution in [0.2, 0.25) is 0 Å². The van der Waals surface area contributed by atoms with Crippen LogP contribution in [0.15, 0.2) is 38.4 Å². The number of rotatable bonds is 3. The first-order valence-corrected chi connectivity index (χ1v) is 6.90. The molecule has 2 heterocycles. The Kier molecular flexibility index (Phi) is 3.61. The minimum absolute atomic E-state index is 0.000662. The van der Waals surface area contributed by atoms with Crippen LogP contribution in [0.1, 0.15) is 17.3 Å². The summed E-state index contributed by atoms with van der Waals surface area (Å²) in [6.45, 7) is 1.77. The summed E-state index contributed by atoms with van der Waals surface area (Å²) in [5.74, 6) is -0.290. The molecule has 1 N–H and O–H groups in total. The van der Waals surface area contributed by atoms with Crippen LogP contribution in [0.5, 0.6) is 5.75 Å². The van der Waals surface area contributed by atoms with E-state index in [1.54, 1.807) is 19.1 Å². The summed E-state index contributed by atoms with van der Waals surface area (Å²) < 4.78 is 15.4. The molecule has 0 radical (unpaired) electrons. The monoisotopic (exact) mass is 315 g/mol. The first-order valence-electron chi connectivity index (χ1n) is 6.90. The Morgan fingerprint density at radius 3 is 2.74 bits per heavy atom. The fourth-order valence-corrected chi connectivity index (χ4v) is 2.28. The number of hydrogen-bond acceptors (Lipinski definition) is 6. The maximum atomic E-state index is 12.5. The second kappa shape index (κ2) is 5.60. The van der Waals surface area contributed by atoms with Gasteiger partial charge in [-0.05, 0) is 19.1 Å². The van der Waals surface area contributed by atoms with E-state index in [1.807, 2.05) is 0 Å². The van der Waals surface area contributed by atoms with Crippen LogP contribution < -0.4 is 15.6 Å². The predicted molar refractivity (Wildman–Crippen MR) is 83.1 cm³/mol. The zero-order valence-corrected chi connectivity index (χ0v) is 12.5. The van der Waals surface area contributed by atoms with Crippen LogP contribution in [-0.4, -0.2) is 24.7 Å². The summed E-state index contributed by atoms with van der Waals surface area (Å²) >= 11 is 0. The van der Waals surface area contributed by atoms with E-state index >= 15 is 0 Å². The number of aromatic amines is 1. The number of benzene rings is 1. The molecule has 0 aliphatic heterocycles. The molecule has 118 valence electrons. The van der Waals surface area contributed by atoms with Crippen molar-refractivity contribution >= 4 is 28.0 Å². The first kappa shape index (κ1) is 14.8. The maximum absolute atomic E-state index is 12.5. The number of nitrogens with one attached hydrogen (secondary N) is 1. The van der Waals surface area contributed by atoms with Gasteiger partial charge in [-0.2, -0.15) is 0 Å². The fraction of sp³-hybridized carbons (Fsp3) is 0.188. The van der Waals surface area contributed by atoms with Gasteiger partial charge in [-0.15, -0.1) is 0 Å². The molecule has 0 saturated carbocycles. The summed E-state index contributed by atoms with van der Waals surface area (Å²) in [6, 6.07) is 4.68. The molecular formula is C16H13NO6. The van der Waals surface area contributed by atoms with Gasteiger partial charge in [0.05, 0.1) is 19.1 Å². The SMILES string of the molecule is CCOC(=O)c1c[nH]c2c(=O)c3ccc(OC)cc3oc2c1=O. The fourth-order valence-electron chi connectivity index (χ4n) is 2.28. The van der Waals surface area contributed by atoms with Crippen LogP contribution in [0, 0.1) is 0 Å². The third-order valence-corrected chi connectivity index (χ3v) is 3.41. The Bertz CT molecular complexity index is 1030. The highest BCUT2D eigenvalue weighted by atomic mass is 16.5. The van der Waals surface area contributed by atoms with E-state index in [4.69, 9.17) is 13.9 Å². The number of hydrogen-bond donors (Lipinski definition) is 1. The number of methoxy groups -OCH3 is 1. The van der Waals surface area contributed by atoms with Crippen LogP contribution in [0.4, 0.5) is 0 Å². The zero-order chi connectivity index (χ0) is 16.6. The van der Waals surface area contributed by atoms with Crippen LogP contribution in [0.3, 0.4) is 0 Å². The third kappa shape index (κ3) is 2.36. The summed E-state index contributed by atoms with van der Waals surface area (Å²) in [5.41, 5.74) is -1.32. The van der Waals surface area contributed by atoms with Gasteiger partial charge >= 0.3 is 5.97 Å². The minimum Gasteiger partial charge on any atom is -0.497 e. The van der Waals surface area contributed by atoms with Gasteiger partial charge in [0.2, 0.25) is 16.4 Å². The molecule has 7 nitrogen and oxygen atoms in total. The van der Waals surface area contributed by atoms with Gasteiger partial charge in [-0.1, -0.05) is 0 Å². The second-order valence-corrected chi connectivity index (χ2v) is 4.75. The normalized spacial score (nSPS) is 10.9. The van der Waals surface area contributed by atoms with E-state index in [0.29, 0.717) is 11.1 Å². The molecule has 1 aromatic carbocycles. The Labute approximate surface area is 129 Å². The zero-order valence-electron chi connectivity index (χ0n) is 12.5. The molecule has 0 fully saturated rings. The summed E-state index contributed by atoms with van der Waals surface area (Å²) in [7, 11) is 1.48. The first-order chi connectivity index (χ1) is 11.1. The molecule has 3 aromatic rings. The number of carbonyl (C=O) groups excluding carboxylic acids is 1. The molecular weight excluding hydrogens is 302 g/mol. The second-order valence-electron chi connectivity index (χ2n) is 4.75. The summed E-state index contributed by atoms with van der Waals surface area (Å²) in [5, 5.41) is 0.304. The van der Waals surface area contributed by atoms with Gasteiger partial charge in [-0.25, -0.2) is 4.79 Å². The number of esters is 1. The lowest BCUT2D eigenvalue weighted by atomic mass is 10.1. The average molecular weight is 315 g/mol. The van der Waals surface area contributed by atoms with Crippen molar-refractivity contribution in [2.24, 2.45) is 0 Å². The summed E-state index contributed by atoms with van der Waals surface area (Å²) in [6.07, 6.45) is 1.16. The molecule has 0 bridgehead atoms. The molecule has 0 aliphatic rings. The third-order valence-electron chi connectivity index (χ3n) is 3.41. The number of carbonyl (C=O) groups is 1. The van der Waals surface area contributed by atoms with E-state index in [2.05, 4.69) is 4.98 Å². The van der Waals surface area contributed by atoms with Crippen LogP contribution >= 0.6 is 0 Å². The molecule has 0 amide bonds. The van der Waals surface area contributed by atoms with Crippen molar-refractivity contribution < 1.29 is 18.7 Å². The Balaban J connectivity index is 2.36. The number of aromatic nitrogens is 1. The van der Waals surface area contributed by atoms with Crippen molar-refractivity contribution in [1.29, 1.82) is 0 Å². The molecule has 0 unspecified atom stereocenters. The lowest BCUT2D eigenvalue weighted by Gasteiger charge is -2.05. The molecule has 0 spiro atoms. The van der Waals surface area contributed by atoms with Gasteiger partial charge < -0.3 is 18.9 Å². The predicted octanol–water partition coefficient (Wildman–Crippen LogP) is 1.82. The van der Waals surface area contributed by atoms with Crippen molar-refractivity contribution in [3.05, 3.63) is 50.4 Å². The Hall–Kier alpha value is -3.09. The van der Waals surface area contributed by atoms with Gasteiger partial charge in [0, 0.05) is 12.3 Å². The highest BCUT2D eigenvalue weighted by Crippen LogP contribution is 2.21. The molecule has 0 saturated heterocycles. The van der Waals surface area contributed by atoms with Gasteiger partial charge in [-0.3, -0.25) is 9.59 Å². The lowest BCUT2D eigenvalue weighted by Crippen LogP contribution is -2.20. The number of fused-ring (bicyclic) bond motifs is 2. The molecule has 2 aromatic heterocycles. The number of pyridine rings is 1. The Morgan fingerprint density at radius 1 is 1.26 bits per heavy atom. The van der Waals surface area contributed by atoms with E-state index in [0.717, 1.165) is 6.20 Å². The van der Waals surface area contributed by atoms with Crippen molar-refractivity contribution in [3.63, 3.8) is 0 Å². The maximum Gasteiger partial charge on any atom is 0.343 e. The smallest absolute Gasteiger partial charge is 0.343 e. The van der Waals surface area contributed by atoms with Crippen molar-refractivity contribution in [3.8, 4) is 5.75 Å². The van der Waals surface area contributed by atoms with E-state index in [-0.39, 0.29) is 28.9 Å². The minimum atomic E-state index is -0.774. The topological polar surface area (TPSA) is 98.6 Å². The van der Waals surface area contributed by atoms with E-state index in [9.17, 15) is 14.4 Å². The van der Waals surface area contributed by atoms with Crippen LogP contribution in [-0.2, 0) is 4.74 Å². The van der Waals surface area contributed by atoms with Crippen molar-refractivity contribution in [1.82, 2.24) is 4.98 Å². The average Bonchev–Trinajstić information content (AvgIpc) is 2.55. The van der Waals surface area contributed by atoms with Crippen molar-refractivity contribution in [2.75, 3.05) is 13.7 Å². The van der Waals surface area contributed by atoms with Crippen molar-refractivity contribution in [2.45, 2.75) is 6.92 Å². The molecule has 23 heavy (non-hydrogen) atoms. The number of H-pyrrole nitrogens is 1. The largest absolute Gasteiger partial charge is 0.497 e. The summed E-state index contributed by atoms with van der Waals surface area (Å²) in [4.78, 5) is 39.3. The standard InChI is InChI=1S/C16H13NO6/c1-3-22-16(20)10-7-17-12-13(18)9-5-4-8(21-2)6-11(9)23-15(12)14(10)19/h4-7H,3H2,1-2H3,(H,17,19). The number of ether oxygens (including phenoxy) is 2. The molecule has 0 aliphatic carbocycles. The highest BCUT2D eigenvalue weighted by Gasteiger charge is 2.18. The van der Waals surface area contributed by atoms with Gasteiger partial charge in [0.25, 0.3) is 0 Å². The lowest BCUT2D eigenvalue weighted by molar-refractivity contribution is 0.0524.